The molecule has 2 atom stereocenters. The number of para-hydroxylation sites is 1. The molecule has 0 saturated heterocycles. The number of aromatic nitrogens is 1. The minimum Gasteiger partial charge on any atom is -0.361 e. The van der Waals surface area contributed by atoms with Gasteiger partial charge in [-0.3, -0.25) is 19.6 Å². The van der Waals surface area contributed by atoms with Gasteiger partial charge in [0.15, 0.2) is 0 Å². The second-order valence-electron chi connectivity index (χ2n) is 9.03. The number of hydroxylamine groups is 1. The van der Waals surface area contributed by atoms with Crippen molar-refractivity contribution in [3.63, 3.8) is 0 Å². The zero-order valence-corrected chi connectivity index (χ0v) is 22.0. The molecule has 0 unspecified atom stereocenters. The van der Waals surface area contributed by atoms with Gasteiger partial charge in [0.2, 0.25) is 17.7 Å². The van der Waals surface area contributed by atoms with Crippen molar-refractivity contribution in [1.29, 1.82) is 0 Å². The Kier molecular flexibility index (Phi) is 9.67. The van der Waals surface area contributed by atoms with Crippen molar-refractivity contribution in [2.24, 2.45) is 11.8 Å². The highest BCUT2D eigenvalue weighted by Crippen LogP contribution is 2.21. The molecule has 3 aromatic rings. The van der Waals surface area contributed by atoms with E-state index in [0.29, 0.717) is 13.0 Å². The molecular formula is C26H31IN4O4. The van der Waals surface area contributed by atoms with Gasteiger partial charge < -0.3 is 15.6 Å². The van der Waals surface area contributed by atoms with Gasteiger partial charge in [0.25, 0.3) is 0 Å². The minimum absolute atomic E-state index is 0.152. The topological polar surface area (TPSA) is 123 Å². The molecule has 8 nitrogen and oxygen atoms in total. The number of carbonyl (C=O) groups excluding carboxylic acids is 3. The lowest BCUT2D eigenvalue weighted by Crippen LogP contribution is -2.50. The predicted octanol–water partition coefficient (Wildman–Crippen LogP) is 3.67. The van der Waals surface area contributed by atoms with Crippen molar-refractivity contribution in [3.05, 3.63) is 69.4 Å². The average Bonchev–Trinajstić information content (AvgIpc) is 3.25. The van der Waals surface area contributed by atoms with Crippen LogP contribution in [0.5, 0.6) is 0 Å². The highest BCUT2D eigenvalue weighted by Gasteiger charge is 2.28. The van der Waals surface area contributed by atoms with E-state index in [4.69, 9.17) is 5.21 Å². The quantitative estimate of drug-likeness (QED) is 0.133. The van der Waals surface area contributed by atoms with Crippen LogP contribution in [0.25, 0.3) is 10.9 Å². The number of hydrogen-bond acceptors (Lipinski definition) is 4. The number of amides is 3. The first kappa shape index (κ1) is 26.7. The van der Waals surface area contributed by atoms with Crippen LogP contribution in [0.1, 0.15) is 37.8 Å². The summed E-state index contributed by atoms with van der Waals surface area (Å²) in [6.07, 6.45) is 2.42. The highest BCUT2D eigenvalue weighted by molar-refractivity contribution is 14.1. The maximum atomic E-state index is 13.2. The third-order valence-electron chi connectivity index (χ3n) is 5.80. The monoisotopic (exact) mass is 590 g/mol. The lowest BCUT2D eigenvalue weighted by molar-refractivity contribution is -0.136. The van der Waals surface area contributed by atoms with Gasteiger partial charge in [0.05, 0.1) is 0 Å². The SMILES string of the molecule is CC(C)C[C@H](CC(=O)NO)C(=O)N[C@@H](Cc1c[nH]c2ccccc12)C(=O)NCc1ccc(I)cc1. The summed E-state index contributed by atoms with van der Waals surface area (Å²) in [5.41, 5.74) is 4.40. The van der Waals surface area contributed by atoms with Gasteiger partial charge >= 0.3 is 0 Å². The van der Waals surface area contributed by atoms with E-state index in [1.807, 2.05) is 68.6 Å². The molecule has 186 valence electrons. The van der Waals surface area contributed by atoms with Gasteiger partial charge in [-0.2, -0.15) is 0 Å². The second kappa shape index (κ2) is 12.7. The summed E-state index contributed by atoms with van der Waals surface area (Å²) in [5, 5.41) is 15.7. The van der Waals surface area contributed by atoms with Crippen LogP contribution in [0, 0.1) is 15.4 Å². The molecule has 0 radical (unpaired) electrons. The Labute approximate surface area is 218 Å². The number of carbonyl (C=O) groups is 3. The molecule has 0 spiro atoms. The Bertz CT molecular complexity index is 1160. The van der Waals surface area contributed by atoms with Crippen molar-refractivity contribution >= 4 is 51.2 Å². The van der Waals surface area contributed by atoms with Crippen LogP contribution in [-0.2, 0) is 27.3 Å². The minimum atomic E-state index is -0.836. The van der Waals surface area contributed by atoms with E-state index in [1.54, 1.807) is 5.48 Å². The molecule has 0 saturated carbocycles. The van der Waals surface area contributed by atoms with E-state index in [9.17, 15) is 14.4 Å². The molecule has 3 amide bonds. The number of rotatable bonds is 11. The molecule has 3 rings (SSSR count). The Hall–Kier alpha value is -2.92. The van der Waals surface area contributed by atoms with Gasteiger partial charge in [0, 0.05) is 46.0 Å². The number of aromatic amines is 1. The van der Waals surface area contributed by atoms with E-state index in [1.165, 1.54) is 0 Å². The maximum absolute atomic E-state index is 13.2. The van der Waals surface area contributed by atoms with Crippen molar-refractivity contribution in [2.45, 2.75) is 45.7 Å². The van der Waals surface area contributed by atoms with Crippen LogP contribution in [0.2, 0.25) is 0 Å². The lowest BCUT2D eigenvalue weighted by Gasteiger charge is -2.23. The molecule has 5 N–H and O–H groups in total. The van der Waals surface area contributed by atoms with Crippen molar-refractivity contribution < 1.29 is 19.6 Å². The van der Waals surface area contributed by atoms with Gasteiger partial charge in [-0.15, -0.1) is 0 Å². The van der Waals surface area contributed by atoms with Crippen LogP contribution >= 0.6 is 22.6 Å². The molecule has 0 aliphatic heterocycles. The van der Waals surface area contributed by atoms with E-state index in [2.05, 4.69) is 38.2 Å². The smallest absolute Gasteiger partial charge is 0.244 e. The van der Waals surface area contributed by atoms with Crippen LogP contribution in [0.3, 0.4) is 0 Å². The first-order valence-electron chi connectivity index (χ1n) is 11.6. The molecule has 35 heavy (non-hydrogen) atoms. The van der Waals surface area contributed by atoms with Gasteiger partial charge in [0.1, 0.15) is 6.04 Å². The first-order chi connectivity index (χ1) is 16.8. The van der Waals surface area contributed by atoms with Crippen LogP contribution in [-0.4, -0.2) is 34.0 Å². The van der Waals surface area contributed by atoms with Crippen molar-refractivity contribution in [2.75, 3.05) is 0 Å². The Morgan fingerprint density at radius 2 is 1.74 bits per heavy atom. The van der Waals surface area contributed by atoms with Crippen LogP contribution in [0.4, 0.5) is 0 Å². The zero-order valence-electron chi connectivity index (χ0n) is 19.8. The third kappa shape index (κ3) is 7.79. The number of benzene rings is 2. The molecule has 9 heteroatoms. The lowest BCUT2D eigenvalue weighted by atomic mass is 9.92. The highest BCUT2D eigenvalue weighted by atomic mass is 127. The molecule has 2 aromatic carbocycles. The second-order valence-corrected chi connectivity index (χ2v) is 10.3. The van der Waals surface area contributed by atoms with E-state index >= 15 is 0 Å². The molecule has 1 aromatic heterocycles. The summed E-state index contributed by atoms with van der Waals surface area (Å²) in [5.74, 6) is -1.86. The molecule has 0 fully saturated rings. The zero-order chi connectivity index (χ0) is 25.4. The van der Waals surface area contributed by atoms with E-state index in [0.717, 1.165) is 25.6 Å². The fourth-order valence-electron chi connectivity index (χ4n) is 4.06. The standard InChI is InChI=1S/C26H31IN4O4/c1-16(2)11-18(13-24(32)31-35)25(33)30-23(12-19-15-28-22-6-4-3-5-21(19)22)26(34)29-14-17-7-9-20(27)10-8-17/h3-10,15-16,18,23,28,35H,11-14H2,1-2H3,(H,29,34)(H,30,33)(H,31,32)/t18-,23+/m1/s1. The van der Waals surface area contributed by atoms with Crippen LogP contribution in [0.15, 0.2) is 54.7 Å². The summed E-state index contributed by atoms with van der Waals surface area (Å²) < 4.78 is 1.10. The summed E-state index contributed by atoms with van der Waals surface area (Å²) in [6, 6.07) is 14.8. The van der Waals surface area contributed by atoms with Gasteiger partial charge in [-0.25, -0.2) is 5.48 Å². The average molecular weight is 590 g/mol. The Morgan fingerprint density at radius 1 is 1.03 bits per heavy atom. The molecular weight excluding hydrogens is 559 g/mol. The number of H-pyrrole nitrogens is 1. The summed E-state index contributed by atoms with van der Waals surface area (Å²) in [7, 11) is 0. The Morgan fingerprint density at radius 3 is 2.43 bits per heavy atom. The molecule has 0 bridgehead atoms. The number of fused-ring (bicyclic) bond motifs is 1. The predicted molar refractivity (Wildman–Crippen MR) is 142 cm³/mol. The van der Waals surface area contributed by atoms with Gasteiger partial charge in [-0.1, -0.05) is 44.2 Å². The van der Waals surface area contributed by atoms with Gasteiger partial charge in [-0.05, 0) is 64.3 Å². The normalized spacial score (nSPS) is 12.8. The number of hydrogen-bond donors (Lipinski definition) is 5. The number of nitrogens with one attached hydrogen (secondary N) is 4. The third-order valence-corrected chi connectivity index (χ3v) is 6.51. The molecule has 1 heterocycles. The maximum Gasteiger partial charge on any atom is 0.244 e. The van der Waals surface area contributed by atoms with Crippen LogP contribution < -0.4 is 16.1 Å². The fraction of sp³-hybridized carbons (Fsp3) is 0.346. The largest absolute Gasteiger partial charge is 0.361 e. The van der Waals surface area contributed by atoms with E-state index in [-0.39, 0.29) is 24.7 Å². The van der Waals surface area contributed by atoms with Crippen molar-refractivity contribution in [1.82, 2.24) is 21.1 Å². The first-order valence-corrected chi connectivity index (χ1v) is 12.6. The molecule has 0 aliphatic carbocycles. The summed E-state index contributed by atoms with van der Waals surface area (Å²) in [6.45, 7) is 4.24. The Balaban J connectivity index is 1.79. The summed E-state index contributed by atoms with van der Waals surface area (Å²) in [4.78, 5) is 41.4. The van der Waals surface area contributed by atoms with E-state index < -0.39 is 23.8 Å². The fourth-order valence-corrected chi connectivity index (χ4v) is 4.42. The summed E-state index contributed by atoms with van der Waals surface area (Å²) >= 11 is 2.22. The number of halogens is 1. The van der Waals surface area contributed by atoms with Crippen molar-refractivity contribution in [3.8, 4) is 0 Å². The molecule has 0 aliphatic rings.